The molecule has 0 amide bonds. The van der Waals surface area contributed by atoms with E-state index in [0.29, 0.717) is 11.7 Å². The Kier molecular flexibility index (Phi) is 6.62. The molecule has 0 bridgehead atoms. The number of esters is 1. The van der Waals surface area contributed by atoms with Gasteiger partial charge in [0.05, 0.1) is 37.0 Å². The van der Waals surface area contributed by atoms with E-state index in [1.807, 2.05) is 36.4 Å². The van der Waals surface area contributed by atoms with E-state index in [2.05, 4.69) is 61.7 Å². The number of hydrogen-bond donors (Lipinski definition) is 1. The summed E-state index contributed by atoms with van der Waals surface area (Å²) < 4.78 is 8.13. The Bertz CT molecular complexity index is 1150. The van der Waals surface area contributed by atoms with E-state index >= 15 is 0 Å². The lowest BCUT2D eigenvalue weighted by molar-refractivity contribution is -0.140. The van der Waals surface area contributed by atoms with Crippen molar-refractivity contribution in [2.24, 2.45) is 0 Å². The summed E-state index contributed by atoms with van der Waals surface area (Å²) in [6.45, 7) is 4.69. The van der Waals surface area contributed by atoms with Gasteiger partial charge in [0.2, 0.25) is 0 Å². The molecule has 3 aromatic rings. The normalized spacial score (nSPS) is 18.0. The number of benzene rings is 1. The molecule has 0 aliphatic carbocycles. The van der Waals surface area contributed by atoms with Crippen molar-refractivity contribution in [2.75, 3.05) is 13.7 Å². The van der Waals surface area contributed by atoms with Gasteiger partial charge < -0.3 is 19.5 Å². The first-order chi connectivity index (χ1) is 15.4. The van der Waals surface area contributed by atoms with Crippen LogP contribution in [0, 0.1) is 13.8 Å². The summed E-state index contributed by atoms with van der Waals surface area (Å²) in [5, 5.41) is 4.05. The highest BCUT2D eigenvalue weighted by Crippen LogP contribution is 2.41. The van der Waals surface area contributed by atoms with Crippen LogP contribution in [0.5, 0.6) is 0 Å². The number of methoxy groups -OCH3 is 1. The third-order valence-corrected chi connectivity index (χ3v) is 6.89. The molecule has 6 nitrogen and oxygen atoms in total. The number of para-hydroxylation sites is 1. The van der Waals surface area contributed by atoms with Crippen LogP contribution in [0.25, 0.3) is 5.69 Å². The number of nitrogens with zero attached hydrogens (tertiary/aromatic N) is 3. The lowest BCUT2D eigenvalue weighted by Gasteiger charge is -2.28. The summed E-state index contributed by atoms with van der Waals surface area (Å²) in [7, 11) is 1.41. The van der Waals surface area contributed by atoms with E-state index in [0.717, 1.165) is 32.8 Å². The predicted octanol–water partition coefficient (Wildman–Crippen LogP) is 4.79. The second-order valence-corrected chi connectivity index (χ2v) is 9.00. The zero-order valence-electron chi connectivity index (χ0n) is 18.2. The van der Waals surface area contributed by atoms with Gasteiger partial charge >= 0.3 is 5.97 Å². The third-order valence-electron chi connectivity index (χ3n) is 5.86. The zero-order valence-corrected chi connectivity index (χ0v) is 20.6. The smallest absolute Gasteiger partial charge is 0.307 e. The molecule has 1 aliphatic rings. The number of rotatable bonds is 6. The largest absolute Gasteiger partial charge is 0.469 e. The fraction of sp³-hybridized carbons (Fsp3) is 0.292. The van der Waals surface area contributed by atoms with E-state index in [1.54, 1.807) is 6.20 Å². The van der Waals surface area contributed by atoms with Gasteiger partial charge in [-0.05, 0) is 77.9 Å². The van der Waals surface area contributed by atoms with Crippen LogP contribution in [0.4, 0.5) is 0 Å². The van der Waals surface area contributed by atoms with Crippen LogP contribution in [0.2, 0.25) is 0 Å². The molecule has 0 radical (unpaired) electrons. The lowest BCUT2D eigenvalue weighted by atomic mass is 9.96. The third kappa shape index (κ3) is 4.17. The van der Waals surface area contributed by atoms with Gasteiger partial charge in [-0.25, -0.2) is 0 Å². The maximum Gasteiger partial charge on any atom is 0.307 e. The quantitative estimate of drug-likeness (QED) is 0.378. The van der Waals surface area contributed by atoms with Gasteiger partial charge in [0.25, 0.3) is 0 Å². The monoisotopic (exact) mass is 512 g/mol. The number of carbonyl (C=O) groups is 1. The molecule has 8 heteroatoms. The van der Waals surface area contributed by atoms with Gasteiger partial charge in [0.15, 0.2) is 5.11 Å². The fourth-order valence-electron chi connectivity index (χ4n) is 4.39. The molecule has 0 saturated carbocycles. The zero-order chi connectivity index (χ0) is 22.8. The van der Waals surface area contributed by atoms with Gasteiger partial charge in [-0.15, -0.1) is 0 Å². The topological polar surface area (TPSA) is 59.4 Å². The number of halogens is 1. The van der Waals surface area contributed by atoms with E-state index in [1.165, 1.54) is 7.11 Å². The molecule has 2 atom stereocenters. The Morgan fingerprint density at radius 1 is 1.22 bits per heavy atom. The van der Waals surface area contributed by atoms with Crippen molar-refractivity contribution in [3.8, 4) is 5.69 Å². The van der Waals surface area contributed by atoms with Crippen LogP contribution in [0.1, 0.15) is 41.1 Å². The molecule has 3 heterocycles. The SMILES string of the molecule is COC(=O)CCN1C(=S)NC(c2ccccn2)C1c1cc(C)n(-c2ccccc2Br)c1C. The first kappa shape index (κ1) is 22.5. The average Bonchev–Trinajstić information content (AvgIpc) is 3.28. The number of pyridine rings is 1. The number of aryl methyl sites for hydroxylation is 1. The first-order valence-electron chi connectivity index (χ1n) is 10.4. The second kappa shape index (κ2) is 9.42. The summed E-state index contributed by atoms with van der Waals surface area (Å²) in [6, 6.07) is 16.0. The predicted molar refractivity (Wildman–Crippen MR) is 132 cm³/mol. The van der Waals surface area contributed by atoms with Gasteiger partial charge in [0, 0.05) is 28.6 Å². The molecule has 2 aromatic heterocycles. The van der Waals surface area contributed by atoms with Crippen molar-refractivity contribution in [2.45, 2.75) is 32.4 Å². The first-order valence-corrected chi connectivity index (χ1v) is 11.6. The van der Waals surface area contributed by atoms with E-state index in [4.69, 9.17) is 17.0 Å². The van der Waals surface area contributed by atoms with E-state index in [9.17, 15) is 4.79 Å². The Morgan fingerprint density at radius 3 is 2.66 bits per heavy atom. The Hall–Kier alpha value is -2.71. The Balaban J connectivity index is 1.81. The molecular weight excluding hydrogens is 488 g/mol. The summed E-state index contributed by atoms with van der Waals surface area (Å²) >= 11 is 9.39. The maximum absolute atomic E-state index is 11.9. The van der Waals surface area contributed by atoms with E-state index in [-0.39, 0.29) is 24.5 Å². The molecule has 1 fully saturated rings. The molecule has 1 aromatic carbocycles. The summed E-state index contributed by atoms with van der Waals surface area (Å²) in [6.07, 6.45) is 2.05. The number of thiocarbonyl (C=S) groups is 1. The van der Waals surface area contributed by atoms with Gasteiger partial charge in [-0.3, -0.25) is 9.78 Å². The highest BCUT2D eigenvalue weighted by atomic mass is 79.9. The minimum atomic E-state index is -0.258. The average molecular weight is 513 g/mol. The molecule has 1 aliphatic heterocycles. The van der Waals surface area contributed by atoms with Crippen LogP contribution >= 0.6 is 28.1 Å². The molecule has 2 unspecified atom stereocenters. The van der Waals surface area contributed by atoms with Crippen molar-refractivity contribution >= 4 is 39.2 Å². The maximum atomic E-state index is 11.9. The number of hydrogen-bond acceptors (Lipinski definition) is 4. The number of ether oxygens (including phenoxy) is 1. The molecule has 166 valence electrons. The van der Waals surface area contributed by atoms with Crippen LogP contribution in [0.15, 0.2) is 59.2 Å². The summed E-state index contributed by atoms with van der Waals surface area (Å²) in [5.74, 6) is -0.258. The number of aromatic nitrogens is 2. The molecule has 1 N–H and O–H groups in total. The van der Waals surface area contributed by atoms with Gasteiger partial charge in [-0.1, -0.05) is 18.2 Å². The Morgan fingerprint density at radius 2 is 1.97 bits per heavy atom. The molecule has 0 spiro atoms. The standard InChI is InChI=1S/C24H25BrN4O2S/c1-15-14-17(16(2)29(15)20-10-5-4-8-18(20)25)23-22(19-9-6-7-12-26-19)27-24(32)28(23)13-11-21(30)31-3/h4-10,12,14,22-23H,11,13H2,1-3H3,(H,27,32). The highest BCUT2D eigenvalue weighted by molar-refractivity contribution is 9.10. The minimum Gasteiger partial charge on any atom is -0.469 e. The van der Waals surface area contributed by atoms with Gasteiger partial charge in [0.1, 0.15) is 0 Å². The highest BCUT2D eigenvalue weighted by Gasteiger charge is 2.41. The van der Waals surface area contributed by atoms with Crippen LogP contribution in [0.3, 0.4) is 0 Å². The Labute approximate surface area is 201 Å². The molecular formula is C24H25BrN4O2S. The van der Waals surface area contributed by atoms with Crippen molar-refractivity contribution in [1.29, 1.82) is 0 Å². The van der Waals surface area contributed by atoms with Crippen LogP contribution < -0.4 is 5.32 Å². The summed E-state index contributed by atoms with van der Waals surface area (Å²) in [4.78, 5) is 18.6. The van der Waals surface area contributed by atoms with Crippen molar-refractivity contribution in [1.82, 2.24) is 19.8 Å². The lowest BCUT2D eigenvalue weighted by Crippen LogP contribution is -2.32. The van der Waals surface area contributed by atoms with E-state index < -0.39 is 0 Å². The second-order valence-electron chi connectivity index (χ2n) is 7.76. The minimum absolute atomic E-state index is 0.107. The van der Waals surface area contributed by atoms with Gasteiger partial charge in [-0.2, -0.15) is 0 Å². The van der Waals surface area contributed by atoms with Crippen molar-refractivity contribution < 1.29 is 9.53 Å². The number of nitrogens with one attached hydrogen (secondary N) is 1. The molecule has 4 rings (SSSR count). The number of carbonyl (C=O) groups excluding carboxylic acids is 1. The van der Waals surface area contributed by atoms with Crippen molar-refractivity contribution in [3.05, 3.63) is 81.8 Å². The molecule has 1 saturated heterocycles. The summed E-state index contributed by atoms with van der Waals surface area (Å²) in [5.41, 5.74) is 5.37. The fourth-order valence-corrected chi connectivity index (χ4v) is 5.18. The molecule has 32 heavy (non-hydrogen) atoms. The van der Waals surface area contributed by atoms with Crippen molar-refractivity contribution in [3.63, 3.8) is 0 Å². The van der Waals surface area contributed by atoms with Crippen LogP contribution in [-0.4, -0.2) is 39.2 Å². The van der Waals surface area contributed by atoms with Crippen LogP contribution in [-0.2, 0) is 9.53 Å².